The molecule has 0 aliphatic carbocycles. The SMILES string of the molecule is COC(=O)c1ccccc1N1CC(C(=O)Nc2cccc(OC)c2)CC1=O. The van der Waals surface area contributed by atoms with Crippen molar-refractivity contribution in [2.24, 2.45) is 5.92 Å². The summed E-state index contributed by atoms with van der Waals surface area (Å²) in [6, 6.07) is 13.7. The van der Waals surface area contributed by atoms with Crippen LogP contribution in [0.15, 0.2) is 48.5 Å². The second-order valence-electron chi connectivity index (χ2n) is 6.14. The third-order valence-electron chi connectivity index (χ3n) is 4.43. The average molecular weight is 368 g/mol. The summed E-state index contributed by atoms with van der Waals surface area (Å²) >= 11 is 0. The highest BCUT2D eigenvalue weighted by atomic mass is 16.5. The Bertz CT molecular complexity index is 880. The summed E-state index contributed by atoms with van der Waals surface area (Å²) in [7, 11) is 2.84. The van der Waals surface area contributed by atoms with Crippen molar-refractivity contribution >= 4 is 29.2 Å². The minimum absolute atomic E-state index is 0.0747. The van der Waals surface area contributed by atoms with E-state index in [2.05, 4.69) is 5.32 Å². The van der Waals surface area contributed by atoms with Crippen LogP contribution in [-0.2, 0) is 14.3 Å². The summed E-state index contributed by atoms with van der Waals surface area (Å²) in [6.07, 6.45) is 0.0747. The van der Waals surface area contributed by atoms with Gasteiger partial charge in [-0.25, -0.2) is 4.79 Å². The molecule has 3 rings (SSSR count). The molecule has 7 heteroatoms. The first kappa shape index (κ1) is 18.4. The number of carbonyl (C=O) groups excluding carboxylic acids is 3. The van der Waals surface area contributed by atoms with Gasteiger partial charge in [-0.15, -0.1) is 0 Å². The number of nitrogens with zero attached hydrogens (tertiary/aromatic N) is 1. The fraction of sp³-hybridized carbons (Fsp3) is 0.250. The molecule has 1 fully saturated rings. The summed E-state index contributed by atoms with van der Waals surface area (Å²) in [5.74, 6) is -0.882. The number of hydrogen-bond donors (Lipinski definition) is 1. The number of anilines is 2. The molecule has 1 aliphatic rings. The molecule has 0 aromatic heterocycles. The number of esters is 1. The molecule has 2 amide bonds. The number of para-hydroxylation sites is 1. The Morgan fingerprint density at radius 3 is 2.63 bits per heavy atom. The van der Waals surface area contributed by atoms with E-state index in [4.69, 9.17) is 9.47 Å². The zero-order chi connectivity index (χ0) is 19.4. The Hall–Kier alpha value is -3.35. The molecular weight excluding hydrogens is 348 g/mol. The van der Waals surface area contributed by atoms with Gasteiger partial charge in [-0.3, -0.25) is 9.59 Å². The third kappa shape index (κ3) is 3.92. The number of benzene rings is 2. The van der Waals surface area contributed by atoms with Gasteiger partial charge in [0.25, 0.3) is 0 Å². The van der Waals surface area contributed by atoms with E-state index in [0.717, 1.165) is 0 Å². The number of amides is 2. The smallest absolute Gasteiger partial charge is 0.339 e. The van der Waals surface area contributed by atoms with Crippen LogP contribution in [0, 0.1) is 5.92 Å². The first-order valence-electron chi connectivity index (χ1n) is 8.46. The van der Waals surface area contributed by atoms with Crippen LogP contribution in [0.3, 0.4) is 0 Å². The molecular formula is C20H20N2O5. The normalized spacial score (nSPS) is 16.1. The molecule has 0 spiro atoms. The van der Waals surface area contributed by atoms with Crippen molar-refractivity contribution < 1.29 is 23.9 Å². The van der Waals surface area contributed by atoms with E-state index in [1.165, 1.54) is 12.0 Å². The lowest BCUT2D eigenvalue weighted by Gasteiger charge is -2.19. The van der Waals surface area contributed by atoms with E-state index in [0.29, 0.717) is 22.7 Å². The number of carbonyl (C=O) groups is 3. The maximum absolute atomic E-state index is 12.6. The fourth-order valence-electron chi connectivity index (χ4n) is 3.05. The van der Waals surface area contributed by atoms with Crippen LogP contribution in [0.1, 0.15) is 16.8 Å². The lowest BCUT2D eigenvalue weighted by atomic mass is 10.1. The summed E-state index contributed by atoms with van der Waals surface area (Å²) in [4.78, 5) is 38.5. The predicted octanol–water partition coefficient (Wildman–Crippen LogP) is 2.47. The van der Waals surface area contributed by atoms with E-state index < -0.39 is 11.9 Å². The Kier molecular flexibility index (Phi) is 5.40. The highest BCUT2D eigenvalue weighted by Gasteiger charge is 2.36. The Balaban J connectivity index is 1.76. The van der Waals surface area contributed by atoms with Crippen LogP contribution in [-0.4, -0.2) is 38.5 Å². The van der Waals surface area contributed by atoms with Crippen molar-refractivity contribution in [1.29, 1.82) is 0 Å². The monoisotopic (exact) mass is 368 g/mol. The second-order valence-corrected chi connectivity index (χ2v) is 6.14. The maximum Gasteiger partial charge on any atom is 0.339 e. The molecule has 1 aliphatic heterocycles. The van der Waals surface area contributed by atoms with E-state index in [1.807, 2.05) is 0 Å². The molecule has 0 radical (unpaired) electrons. The fourth-order valence-corrected chi connectivity index (χ4v) is 3.05. The molecule has 1 saturated heterocycles. The third-order valence-corrected chi connectivity index (χ3v) is 4.43. The van der Waals surface area contributed by atoms with Crippen molar-refractivity contribution in [3.8, 4) is 5.75 Å². The van der Waals surface area contributed by atoms with Crippen LogP contribution < -0.4 is 15.0 Å². The van der Waals surface area contributed by atoms with Crippen LogP contribution in [0.2, 0.25) is 0 Å². The molecule has 2 aromatic carbocycles. The van der Waals surface area contributed by atoms with Gasteiger partial charge in [0.1, 0.15) is 5.75 Å². The van der Waals surface area contributed by atoms with Gasteiger partial charge < -0.3 is 19.7 Å². The van der Waals surface area contributed by atoms with Crippen molar-refractivity contribution in [3.63, 3.8) is 0 Å². The highest BCUT2D eigenvalue weighted by molar-refractivity contribution is 6.07. The molecule has 1 N–H and O–H groups in total. The van der Waals surface area contributed by atoms with Gasteiger partial charge in [0.05, 0.1) is 31.4 Å². The quantitative estimate of drug-likeness (QED) is 0.820. The number of hydrogen-bond acceptors (Lipinski definition) is 5. The summed E-state index contributed by atoms with van der Waals surface area (Å²) in [5, 5.41) is 2.81. The maximum atomic E-state index is 12.6. The summed E-state index contributed by atoms with van der Waals surface area (Å²) in [6.45, 7) is 0.197. The molecule has 7 nitrogen and oxygen atoms in total. The van der Waals surface area contributed by atoms with E-state index in [1.54, 1.807) is 55.6 Å². The van der Waals surface area contributed by atoms with E-state index in [-0.39, 0.29) is 24.8 Å². The molecule has 1 atom stereocenters. The Morgan fingerprint density at radius 2 is 1.89 bits per heavy atom. The van der Waals surface area contributed by atoms with Crippen LogP contribution in [0.5, 0.6) is 5.75 Å². The zero-order valence-corrected chi connectivity index (χ0v) is 15.1. The van der Waals surface area contributed by atoms with E-state index >= 15 is 0 Å². The largest absolute Gasteiger partial charge is 0.497 e. The Labute approximate surface area is 156 Å². The van der Waals surface area contributed by atoms with Gasteiger partial charge in [0, 0.05) is 24.7 Å². The first-order valence-corrected chi connectivity index (χ1v) is 8.46. The van der Waals surface area contributed by atoms with Crippen molar-refractivity contribution in [2.75, 3.05) is 31.0 Å². The highest BCUT2D eigenvalue weighted by Crippen LogP contribution is 2.29. The molecule has 1 heterocycles. The van der Waals surface area contributed by atoms with Crippen molar-refractivity contribution in [1.82, 2.24) is 0 Å². The average Bonchev–Trinajstić information content (AvgIpc) is 3.09. The van der Waals surface area contributed by atoms with Gasteiger partial charge >= 0.3 is 5.97 Å². The van der Waals surface area contributed by atoms with Gasteiger partial charge in [-0.1, -0.05) is 18.2 Å². The van der Waals surface area contributed by atoms with Gasteiger partial charge in [-0.2, -0.15) is 0 Å². The van der Waals surface area contributed by atoms with Crippen LogP contribution in [0.25, 0.3) is 0 Å². The van der Waals surface area contributed by atoms with Gasteiger partial charge in [-0.05, 0) is 24.3 Å². The van der Waals surface area contributed by atoms with E-state index in [9.17, 15) is 14.4 Å². The molecule has 27 heavy (non-hydrogen) atoms. The predicted molar refractivity (Wildman–Crippen MR) is 99.9 cm³/mol. The molecule has 140 valence electrons. The molecule has 0 saturated carbocycles. The van der Waals surface area contributed by atoms with Crippen LogP contribution >= 0.6 is 0 Å². The first-order chi connectivity index (χ1) is 13.0. The Morgan fingerprint density at radius 1 is 1.11 bits per heavy atom. The number of nitrogens with one attached hydrogen (secondary N) is 1. The van der Waals surface area contributed by atoms with Crippen molar-refractivity contribution in [3.05, 3.63) is 54.1 Å². The minimum Gasteiger partial charge on any atom is -0.497 e. The standard InChI is InChI=1S/C20H20N2O5/c1-26-15-7-5-6-14(11-15)21-19(24)13-10-18(23)22(12-13)17-9-4-3-8-16(17)20(25)27-2/h3-9,11,13H,10,12H2,1-2H3,(H,21,24). The lowest BCUT2D eigenvalue weighted by molar-refractivity contribution is -0.122. The second kappa shape index (κ2) is 7.90. The number of rotatable bonds is 5. The molecule has 0 bridgehead atoms. The van der Waals surface area contributed by atoms with Crippen LogP contribution in [0.4, 0.5) is 11.4 Å². The molecule has 1 unspecified atom stereocenters. The summed E-state index contributed by atoms with van der Waals surface area (Å²) < 4.78 is 9.92. The zero-order valence-electron chi connectivity index (χ0n) is 15.1. The molecule has 2 aromatic rings. The van der Waals surface area contributed by atoms with Gasteiger partial charge in [0.15, 0.2) is 0 Å². The number of ether oxygens (including phenoxy) is 2. The topological polar surface area (TPSA) is 84.9 Å². The minimum atomic E-state index is -0.525. The lowest BCUT2D eigenvalue weighted by Crippen LogP contribution is -2.29. The number of methoxy groups -OCH3 is 2. The summed E-state index contributed by atoms with van der Waals surface area (Å²) in [5.41, 5.74) is 1.34. The van der Waals surface area contributed by atoms with Crippen molar-refractivity contribution in [2.45, 2.75) is 6.42 Å². The van der Waals surface area contributed by atoms with Gasteiger partial charge in [0.2, 0.25) is 11.8 Å².